The highest BCUT2D eigenvalue weighted by Gasteiger charge is 1.95. The maximum absolute atomic E-state index is 5.27. The molecule has 0 saturated heterocycles. The van der Waals surface area contributed by atoms with E-state index in [0.29, 0.717) is 4.99 Å². The molecular formula is C16H15NOS. The zero-order valence-electron chi connectivity index (χ0n) is 10.7. The summed E-state index contributed by atoms with van der Waals surface area (Å²) < 4.78 is 5.10. The van der Waals surface area contributed by atoms with Crippen LogP contribution in [0.2, 0.25) is 0 Å². The van der Waals surface area contributed by atoms with Crippen molar-refractivity contribution in [2.24, 2.45) is 0 Å². The quantitative estimate of drug-likeness (QED) is 0.665. The molecule has 0 amide bonds. The largest absolute Gasteiger partial charge is 0.497 e. The van der Waals surface area contributed by atoms with Gasteiger partial charge in [0.2, 0.25) is 0 Å². The van der Waals surface area contributed by atoms with Gasteiger partial charge in [-0.1, -0.05) is 48.6 Å². The Morgan fingerprint density at radius 3 is 2.37 bits per heavy atom. The van der Waals surface area contributed by atoms with Crippen LogP contribution >= 0.6 is 12.2 Å². The molecule has 0 unspecified atom stereocenters. The summed E-state index contributed by atoms with van der Waals surface area (Å²) in [5.74, 6) is 0.830. The fraction of sp³-hybridized carbons (Fsp3) is 0.0625. The molecule has 2 rings (SSSR count). The minimum absolute atomic E-state index is 0.675. The normalized spacial score (nSPS) is 10.4. The van der Waals surface area contributed by atoms with Gasteiger partial charge in [-0.2, -0.15) is 0 Å². The lowest BCUT2D eigenvalue weighted by Crippen LogP contribution is -2.04. The van der Waals surface area contributed by atoms with E-state index in [1.807, 2.05) is 66.7 Å². The van der Waals surface area contributed by atoms with Gasteiger partial charge in [-0.15, -0.1) is 0 Å². The lowest BCUT2D eigenvalue weighted by Gasteiger charge is -2.05. The van der Waals surface area contributed by atoms with Crippen molar-refractivity contribution >= 4 is 29.0 Å². The van der Waals surface area contributed by atoms with Gasteiger partial charge in [-0.3, -0.25) is 0 Å². The van der Waals surface area contributed by atoms with E-state index in [1.54, 1.807) is 7.11 Å². The lowest BCUT2D eigenvalue weighted by molar-refractivity contribution is 0.415. The third-order valence-corrected chi connectivity index (χ3v) is 2.82. The van der Waals surface area contributed by atoms with Crippen molar-refractivity contribution in [3.05, 3.63) is 66.2 Å². The molecule has 0 fully saturated rings. The van der Waals surface area contributed by atoms with Gasteiger partial charge in [0.1, 0.15) is 10.7 Å². The van der Waals surface area contributed by atoms with Crippen molar-refractivity contribution < 1.29 is 4.74 Å². The molecule has 2 aromatic rings. The molecule has 19 heavy (non-hydrogen) atoms. The van der Waals surface area contributed by atoms with Crippen molar-refractivity contribution in [2.75, 3.05) is 12.4 Å². The molecule has 3 heteroatoms. The third-order valence-electron chi connectivity index (χ3n) is 2.58. The maximum atomic E-state index is 5.27. The van der Waals surface area contributed by atoms with Crippen molar-refractivity contribution in [3.63, 3.8) is 0 Å². The Kier molecular flexibility index (Phi) is 4.70. The van der Waals surface area contributed by atoms with Gasteiger partial charge in [-0.05, 0) is 35.9 Å². The number of hydrogen-bond acceptors (Lipinski definition) is 2. The Balaban J connectivity index is 1.95. The maximum Gasteiger partial charge on any atom is 0.119 e. The van der Waals surface area contributed by atoms with Gasteiger partial charge in [0.15, 0.2) is 0 Å². The van der Waals surface area contributed by atoms with E-state index < -0.39 is 0 Å². The van der Waals surface area contributed by atoms with Crippen LogP contribution in [0.1, 0.15) is 5.56 Å². The first-order valence-electron chi connectivity index (χ1n) is 5.96. The first-order chi connectivity index (χ1) is 9.28. The molecule has 2 nitrogen and oxygen atoms in total. The van der Waals surface area contributed by atoms with Gasteiger partial charge < -0.3 is 10.1 Å². The number of hydrogen-bond donors (Lipinski definition) is 1. The molecule has 0 bridgehead atoms. The van der Waals surface area contributed by atoms with Gasteiger partial charge in [0.25, 0.3) is 0 Å². The SMILES string of the molecule is COc1ccc(NC(=S)/C=C\c2ccccc2)cc1. The van der Waals surface area contributed by atoms with Gasteiger partial charge in [0, 0.05) is 5.69 Å². The molecule has 1 N–H and O–H groups in total. The molecule has 0 saturated carbocycles. The predicted molar refractivity (Wildman–Crippen MR) is 84.7 cm³/mol. The zero-order valence-corrected chi connectivity index (χ0v) is 11.5. The highest BCUT2D eigenvalue weighted by molar-refractivity contribution is 7.81. The average Bonchev–Trinajstić information content (AvgIpc) is 2.47. The van der Waals surface area contributed by atoms with E-state index in [1.165, 1.54) is 0 Å². The zero-order chi connectivity index (χ0) is 13.5. The molecule has 0 aliphatic carbocycles. The smallest absolute Gasteiger partial charge is 0.119 e. The first-order valence-corrected chi connectivity index (χ1v) is 6.37. The number of rotatable bonds is 4. The predicted octanol–water partition coefficient (Wildman–Crippen LogP) is 4.15. The van der Waals surface area contributed by atoms with Crippen LogP contribution in [0.25, 0.3) is 6.08 Å². The first kappa shape index (κ1) is 13.3. The topological polar surface area (TPSA) is 21.3 Å². The molecule has 0 aliphatic heterocycles. The Bertz CT molecular complexity index is 561. The Labute approximate surface area is 118 Å². The molecule has 2 aromatic carbocycles. The Morgan fingerprint density at radius 1 is 1.05 bits per heavy atom. The summed E-state index contributed by atoms with van der Waals surface area (Å²) in [6, 6.07) is 17.7. The minimum atomic E-state index is 0.675. The van der Waals surface area contributed by atoms with E-state index in [-0.39, 0.29) is 0 Å². The van der Waals surface area contributed by atoms with E-state index >= 15 is 0 Å². The number of thiocarbonyl (C=S) groups is 1. The number of anilines is 1. The second-order valence-electron chi connectivity index (χ2n) is 3.96. The van der Waals surface area contributed by atoms with Crippen LogP contribution in [0.4, 0.5) is 5.69 Å². The van der Waals surface area contributed by atoms with Crippen LogP contribution in [0.3, 0.4) is 0 Å². The van der Waals surface area contributed by atoms with Crippen LogP contribution in [-0.2, 0) is 0 Å². The number of nitrogens with one attached hydrogen (secondary N) is 1. The number of ether oxygens (including phenoxy) is 1. The fourth-order valence-corrected chi connectivity index (χ4v) is 1.78. The number of benzene rings is 2. The molecular weight excluding hydrogens is 254 g/mol. The molecule has 0 aliphatic rings. The summed E-state index contributed by atoms with van der Waals surface area (Å²) in [5.41, 5.74) is 2.07. The van der Waals surface area contributed by atoms with Gasteiger partial charge >= 0.3 is 0 Å². The van der Waals surface area contributed by atoms with Crippen molar-refractivity contribution in [1.82, 2.24) is 0 Å². The van der Waals surface area contributed by atoms with Crippen molar-refractivity contribution in [3.8, 4) is 5.75 Å². The van der Waals surface area contributed by atoms with Crippen LogP contribution in [0.5, 0.6) is 5.75 Å². The summed E-state index contributed by atoms with van der Waals surface area (Å²) in [7, 11) is 1.65. The Morgan fingerprint density at radius 2 is 1.74 bits per heavy atom. The van der Waals surface area contributed by atoms with Crippen LogP contribution in [0, 0.1) is 0 Å². The number of methoxy groups -OCH3 is 1. The Hall–Kier alpha value is -2.13. The van der Waals surface area contributed by atoms with Gasteiger partial charge in [0.05, 0.1) is 7.11 Å². The monoisotopic (exact) mass is 269 g/mol. The lowest BCUT2D eigenvalue weighted by atomic mass is 10.2. The van der Waals surface area contributed by atoms with E-state index in [0.717, 1.165) is 17.0 Å². The highest BCUT2D eigenvalue weighted by atomic mass is 32.1. The summed E-state index contributed by atoms with van der Waals surface area (Å²) >= 11 is 5.27. The average molecular weight is 269 g/mol. The van der Waals surface area contributed by atoms with Crippen LogP contribution in [-0.4, -0.2) is 12.1 Å². The molecule has 0 spiro atoms. The minimum Gasteiger partial charge on any atom is -0.497 e. The molecule has 0 heterocycles. The third kappa shape index (κ3) is 4.23. The fourth-order valence-electron chi connectivity index (χ4n) is 1.59. The second kappa shape index (κ2) is 6.71. The molecule has 0 radical (unpaired) electrons. The summed E-state index contributed by atoms with van der Waals surface area (Å²) in [4.78, 5) is 0.675. The summed E-state index contributed by atoms with van der Waals surface area (Å²) in [6.45, 7) is 0. The molecule has 96 valence electrons. The van der Waals surface area contributed by atoms with Gasteiger partial charge in [-0.25, -0.2) is 0 Å². The summed E-state index contributed by atoms with van der Waals surface area (Å²) in [5, 5.41) is 3.15. The van der Waals surface area contributed by atoms with Crippen LogP contribution in [0.15, 0.2) is 60.7 Å². The van der Waals surface area contributed by atoms with E-state index in [4.69, 9.17) is 17.0 Å². The van der Waals surface area contributed by atoms with Crippen molar-refractivity contribution in [2.45, 2.75) is 0 Å². The molecule has 0 aromatic heterocycles. The van der Waals surface area contributed by atoms with Crippen molar-refractivity contribution in [1.29, 1.82) is 0 Å². The van der Waals surface area contributed by atoms with E-state index in [9.17, 15) is 0 Å². The summed E-state index contributed by atoms with van der Waals surface area (Å²) in [6.07, 6.45) is 3.87. The second-order valence-corrected chi connectivity index (χ2v) is 4.40. The standard InChI is InChI=1S/C16H15NOS/c1-18-15-10-8-14(9-11-15)17-16(19)12-7-13-5-3-2-4-6-13/h2-12H,1H3,(H,17,19)/b12-7-. The van der Waals surface area contributed by atoms with E-state index in [2.05, 4.69) is 5.32 Å². The van der Waals surface area contributed by atoms with Crippen LogP contribution < -0.4 is 10.1 Å². The highest BCUT2D eigenvalue weighted by Crippen LogP contribution is 2.15. The molecule has 0 atom stereocenters.